The first-order chi connectivity index (χ1) is 9.76. The van der Waals surface area contributed by atoms with Gasteiger partial charge in [0.05, 0.1) is 11.4 Å². The summed E-state index contributed by atoms with van der Waals surface area (Å²) in [5, 5.41) is 2.00. The number of thioether (sulfide) groups is 1. The van der Waals surface area contributed by atoms with E-state index in [0.29, 0.717) is 5.92 Å². The van der Waals surface area contributed by atoms with Crippen LogP contribution in [-0.2, 0) is 12.2 Å². The molecule has 2 aromatic rings. The van der Waals surface area contributed by atoms with E-state index in [-0.39, 0.29) is 0 Å². The quantitative estimate of drug-likeness (QED) is 0.843. The van der Waals surface area contributed by atoms with Gasteiger partial charge in [0.2, 0.25) is 0 Å². The van der Waals surface area contributed by atoms with Crippen LogP contribution in [0.5, 0.6) is 0 Å². The molecule has 1 aromatic carbocycles. The fourth-order valence-electron chi connectivity index (χ4n) is 2.52. The summed E-state index contributed by atoms with van der Waals surface area (Å²) in [5.41, 5.74) is 7.13. The van der Waals surface area contributed by atoms with Crippen molar-refractivity contribution in [1.29, 1.82) is 0 Å². The number of nitrogens with zero attached hydrogens (tertiary/aromatic N) is 1. The van der Waals surface area contributed by atoms with Gasteiger partial charge in [-0.15, -0.1) is 23.1 Å². The molecule has 0 amide bonds. The van der Waals surface area contributed by atoms with Gasteiger partial charge in [-0.05, 0) is 43.5 Å². The molecule has 3 rings (SSSR count). The summed E-state index contributed by atoms with van der Waals surface area (Å²) in [6, 6.07) is 7.98. The highest BCUT2D eigenvalue weighted by atomic mass is 35.5. The molecule has 0 aliphatic heterocycles. The Bertz CT molecular complexity index is 580. The summed E-state index contributed by atoms with van der Waals surface area (Å²) in [4.78, 5) is 7.52. The highest BCUT2D eigenvalue weighted by Gasteiger charge is 2.23. The molecule has 5 heteroatoms. The number of benzene rings is 1. The van der Waals surface area contributed by atoms with Crippen molar-refractivity contribution >= 4 is 34.7 Å². The van der Waals surface area contributed by atoms with Gasteiger partial charge in [-0.1, -0.05) is 11.6 Å². The summed E-state index contributed by atoms with van der Waals surface area (Å²) in [6.45, 7) is 0.723. The fraction of sp³-hybridized carbons (Fsp3) is 0.400. The van der Waals surface area contributed by atoms with Gasteiger partial charge in [0.15, 0.2) is 0 Å². The number of fused-ring (bicyclic) bond motifs is 1. The van der Waals surface area contributed by atoms with E-state index < -0.39 is 0 Å². The third-order valence-corrected chi connectivity index (χ3v) is 6.16. The maximum absolute atomic E-state index is 5.90. The first-order valence-electron chi connectivity index (χ1n) is 6.83. The van der Waals surface area contributed by atoms with Crippen molar-refractivity contribution < 1.29 is 0 Å². The minimum Gasteiger partial charge on any atom is -0.330 e. The summed E-state index contributed by atoms with van der Waals surface area (Å²) >= 11 is 9.57. The molecule has 1 aromatic heterocycles. The SMILES string of the molecule is NCC1CCCc2sc(CSc3ccc(Cl)cc3)nc21. The van der Waals surface area contributed by atoms with Gasteiger partial charge in [-0.25, -0.2) is 4.98 Å². The summed E-state index contributed by atoms with van der Waals surface area (Å²) < 4.78 is 0. The predicted octanol–water partition coefficient (Wildman–Crippen LogP) is 4.47. The Kier molecular flexibility index (Phi) is 4.66. The van der Waals surface area contributed by atoms with Crippen LogP contribution in [0.1, 0.15) is 34.3 Å². The highest BCUT2D eigenvalue weighted by Crippen LogP contribution is 2.36. The largest absolute Gasteiger partial charge is 0.330 e. The lowest BCUT2D eigenvalue weighted by molar-refractivity contribution is 0.553. The minimum absolute atomic E-state index is 0.476. The third kappa shape index (κ3) is 3.19. The average Bonchev–Trinajstić information content (AvgIpc) is 2.89. The van der Waals surface area contributed by atoms with Crippen molar-refractivity contribution in [3.8, 4) is 0 Å². The zero-order chi connectivity index (χ0) is 13.9. The van der Waals surface area contributed by atoms with E-state index in [1.54, 1.807) is 0 Å². The molecular formula is C15H17ClN2S2. The summed E-state index contributed by atoms with van der Waals surface area (Å²) in [5.74, 6) is 1.40. The van der Waals surface area contributed by atoms with E-state index in [0.717, 1.165) is 17.3 Å². The Morgan fingerprint density at radius 2 is 2.15 bits per heavy atom. The first-order valence-corrected chi connectivity index (χ1v) is 9.01. The van der Waals surface area contributed by atoms with Crippen molar-refractivity contribution in [1.82, 2.24) is 4.98 Å². The van der Waals surface area contributed by atoms with Crippen LogP contribution in [0.4, 0.5) is 0 Å². The molecule has 1 aliphatic carbocycles. The second kappa shape index (κ2) is 6.48. The van der Waals surface area contributed by atoms with Crippen LogP contribution in [0.25, 0.3) is 0 Å². The molecule has 20 heavy (non-hydrogen) atoms. The Morgan fingerprint density at radius 1 is 1.35 bits per heavy atom. The van der Waals surface area contributed by atoms with Gasteiger partial charge in [0.1, 0.15) is 5.01 Å². The molecular weight excluding hydrogens is 308 g/mol. The maximum Gasteiger partial charge on any atom is 0.103 e. The van der Waals surface area contributed by atoms with Gasteiger partial charge in [-0.2, -0.15) is 0 Å². The van der Waals surface area contributed by atoms with Gasteiger partial charge < -0.3 is 5.73 Å². The van der Waals surface area contributed by atoms with Gasteiger partial charge in [0, 0.05) is 27.3 Å². The van der Waals surface area contributed by atoms with Crippen molar-refractivity contribution in [3.05, 3.63) is 44.9 Å². The van der Waals surface area contributed by atoms with E-state index in [2.05, 4.69) is 12.1 Å². The van der Waals surface area contributed by atoms with E-state index in [1.807, 2.05) is 35.2 Å². The van der Waals surface area contributed by atoms with E-state index >= 15 is 0 Å². The van der Waals surface area contributed by atoms with Crippen LogP contribution < -0.4 is 5.73 Å². The highest BCUT2D eigenvalue weighted by molar-refractivity contribution is 7.98. The average molecular weight is 325 g/mol. The molecule has 1 unspecified atom stereocenters. The Labute approximate surface area is 132 Å². The van der Waals surface area contributed by atoms with Crippen LogP contribution in [0.2, 0.25) is 5.02 Å². The second-order valence-corrected chi connectivity index (χ2v) is 7.64. The monoisotopic (exact) mass is 324 g/mol. The van der Waals surface area contributed by atoms with Crippen LogP contribution in [-0.4, -0.2) is 11.5 Å². The Morgan fingerprint density at radius 3 is 2.90 bits per heavy atom. The molecule has 1 atom stereocenters. The molecule has 0 fully saturated rings. The minimum atomic E-state index is 0.476. The molecule has 0 saturated heterocycles. The summed E-state index contributed by atoms with van der Waals surface area (Å²) in [6.07, 6.45) is 3.62. The number of rotatable bonds is 4. The molecule has 1 heterocycles. The molecule has 0 bridgehead atoms. The Balaban J connectivity index is 1.69. The fourth-order valence-corrected chi connectivity index (χ4v) is 4.74. The molecule has 2 nitrogen and oxygen atoms in total. The first kappa shape index (κ1) is 14.4. The van der Waals surface area contributed by atoms with Gasteiger partial charge >= 0.3 is 0 Å². The zero-order valence-electron chi connectivity index (χ0n) is 11.1. The maximum atomic E-state index is 5.90. The van der Waals surface area contributed by atoms with E-state index in [9.17, 15) is 0 Å². The standard InChI is InChI=1S/C15H17ClN2S2/c16-11-4-6-12(7-5-11)19-9-14-18-15-10(8-17)2-1-3-13(15)20-14/h4-7,10H,1-3,8-9,17H2. The Hall–Kier alpha value is -0.550. The van der Waals surface area contributed by atoms with Crippen LogP contribution in [0, 0.1) is 0 Å². The number of aromatic nitrogens is 1. The summed E-state index contributed by atoms with van der Waals surface area (Å²) in [7, 11) is 0. The molecule has 106 valence electrons. The van der Waals surface area contributed by atoms with Crippen LogP contribution in [0.3, 0.4) is 0 Å². The molecule has 0 radical (unpaired) electrons. The van der Waals surface area contributed by atoms with Crippen molar-refractivity contribution in [2.45, 2.75) is 35.8 Å². The predicted molar refractivity (Wildman–Crippen MR) is 87.9 cm³/mol. The number of halogens is 1. The zero-order valence-corrected chi connectivity index (χ0v) is 13.5. The van der Waals surface area contributed by atoms with Gasteiger partial charge in [0.25, 0.3) is 0 Å². The molecule has 2 N–H and O–H groups in total. The smallest absolute Gasteiger partial charge is 0.103 e. The number of hydrogen-bond donors (Lipinski definition) is 1. The second-order valence-electron chi connectivity index (χ2n) is 4.98. The number of hydrogen-bond acceptors (Lipinski definition) is 4. The van der Waals surface area contributed by atoms with E-state index in [4.69, 9.17) is 22.3 Å². The number of aryl methyl sites for hydroxylation is 1. The third-order valence-electron chi connectivity index (χ3n) is 3.58. The van der Waals surface area contributed by atoms with Gasteiger partial charge in [-0.3, -0.25) is 0 Å². The lowest BCUT2D eigenvalue weighted by Crippen LogP contribution is -2.17. The van der Waals surface area contributed by atoms with Crippen molar-refractivity contribution in [2.75, 3.05) is 6.54 Å². The van der Waals surface area contributed by atoms with Crippen molar-refractivity contribution in [3.63, 3.8) is 0 Å². The molecule has 0 saturated carbocycles. The molecule has 0 spiro atoms. The lowest BCUT2D eigenvalue weighted by Gasteiger charge is -2.18. The normalized spacial score (nSPS) is 18.0. The van der Waals surface area contributed by atoms with E-state index in [1.165, 1.54) is 39.7 Å². The lowest BCUT2D eigenvalue weighted by atomic mass is 9.91. The van der Waals surface area contributed by atoms with Crippen LogP contribution in [0.15, 0.2) is 29.2 Å². The topological polar surface area (TPSA) is 38.9 Å². The molecule has 1 aliphatic rings. The van der Waals surface area contributed by atoms with Crippen molar-refractivity contribution in [2.24, 2.45) is 5.73 Å². The van der Waals surface area contributed by atoms with Crippen LogP contribution >= 0.6 is 34.7 Å². The number of thiazole rings is 1. The number of nitrogens with two attached hydrogens (primary N) is 1.